The topological polar surface area (TPSA) is 72.3 Å². The molecule has 19 heavy (non-hydrogen) atoms. The summed E-state index contributed by atoms with van der Waals surface area (Å²) >= 11 is 3.03. The van der Waals surface area contributed by atoms with E-state index in [9.17, 15) is 9.18 Å². The average molecular weight is 327 g/mol. The van der Waals surface area contributed by atoms with E-state index in [0.29, 0.717) is 4.47 Å². The first-order chi connectivity index (χ1) is 9.08. The van der Waals surface area contributed by atoms with Crippen molar-refractivity contribution in [2.24, 2.45) is 0 Å². The standard InChI is InChI=1S/C12H8BrFN2O3/c13-9-2-1-7(3-10(9)14)19-5-11-8(12(17)18)4-15-6-16-11/h1-4,6H,5H2,(H,17,18). The normalized spacial score (nSPS) is 10.2. The molecule has 1 N–H and O–H groups in total. The fourth-order valence-electron chi connectivity index (χ4n) is 1.37. The molecule has 0 amide bonds. The molecule has 0 aliphatic carbocycles. The predicted octanol–water partition coefficient (Wildman–Crippen LogP) is 2.66. The summed E-state index contributed by atoms with van der Waals surface area (Å²) in [5, 5.41) is 8.94. The van der Waals surface area contributed by atoms with Crippen LogP contribution in [-0.2, 0) is 6.61 Å². The molecule has 0 unspecified atom stereocenters. The SMILES string of the molecule is O=C(O)c1cncnc1COc1ccc(Br)c(F)c1. The minimum absolute atomic E-state index is 0.0416. The summed E-state index contributed by atoms with van der Waals surface area (Å²) in [7, 11) is 0. The Hall–Kier alpha value is -2.02. The summed E-state index contributed by atoms with van der Waals surface area (Å²) < 4.78 is 18.9. The van der Waals surface area contributed by atoms with Gasteiger partial charge in [0.05, 0.1) is 10.2 Å². The maximum absolute atomic E-state index is 13.3. The zero-order chi connectivity index (χ0) is 13.8. The third-order valence-corrected chi connectivity index (χ3v) is 2.93. The van der Waals surface area contributed by atoms with E-state index in [1.807, 2.05) is 0 Å². The largest absolute Gasteiger partial charge is 0.487 e. The number of carboxylic acids is 1. The van der Waals surface area contributed by atoms with Gasteiger partial charge in [-0.2, -0.15) is 0 Å². The van der Waals surface area contributed by atoms with Crippen molar-refractivity contribution in [3.8, 4) is 5.75 Å². The van der Waals surface area contributed by atoms with E-state index in [-0.39, 0.29) is 23.6 Å². The highest BCUT2D eigenvalue weighted by atomic mass is 79.9. The van der Waals surface area contributed by atoms with Crippen LogP contribution in [-0.4, -0.2) is 21.0 Å². The molecule has 5 nitrogen and oxygen atoms in total. The average Bonchev–Trinajstić information content (AvgIpc) is 2.40. The van der Waals surface area contributed by atoms with Gasteiger partial charge in [0.1, 0.15) is 30.1 Å². The number of carboxylic acid groups (broad SMARTS) is 1. The van der Waals surface area contributed by atoms with Gasteiger partial charge in [0, 0.05) is 12.3 Å². The lowest BCUT2D eigenvalue weighted by molar-refractivity contribution is 0.0692. The molecule has 0 aliphatic heterocycles. The maximum atomic E-state index is 13.3. The number of rotatable bonds is 4. The molecule has 0 atom stereocenters. The van der Waals surface area contributed by atoms with Crippen molar-refractivity contribution in [2.75, 3.05) is 0 Å². The second kappa shape index (κ2) is 5.75. The van der Waals surface area contributed by atoms with Crippen molar-refractivity contribution in [3.63, 3.8) is 0 Å². The summed E-state index contributed by atoms with van der Waals surface area (Å²) in [5.41, 5.74) is 0.186. The molecule has 1 aromatic carbocycles. The van der Waals surface area contributed by atoms with Crippen LogP contribution >= 0.6 is 15.9 Å². The molecule has 0 spiro atoms. The molecular formula is C12H8BrFN2O3. The molecule has 0 saturated carbocycles. The molecule has 1 heterocycles. The third kappa shape index (κ3) is 3.25. The van der Waals surface area contributed by atoms with Gasteiger partial charge >= 0.3 is 5.97 Å². The number of carbonyl (C=O) groups is 1. The van der Waals surface area contributed by atoms with Crippen LogP contribution in [0.5, 0.6) is 5.75 Å². The molecule has 2 aromatic rings. The van der Waals surface area contributed by atoms with E-state index in [2.05, 4.69) is 25.9 Å². The first-order valence-electron chi connectivity index (χ1n) is 5.18. The highest BCUT2D eigenvalue weighted by Crippen LogP contribution is 2.21. The van der Waals surface area contributed by atoms with Crippen molar-refractivity contribution in [2.45, 2.75) is 6.61 Å². The van der Waals surface area contributed by atoms with Gasteiger partial charge in [-0.05, 0) is 28.1 Å². The maximum Gasteiger partial charge on any atom is 0.339 e. The lowest BCUT2D eigenvalue weighted by Crippen LogP contribution is -2.08. The van der Waals surface area contributed by atoms with Crippen LogP contribution in [0.1, 0.15) is 16.1 Å². The van der Waals surface area contributed by atoms with Crippen LogP contribution in [0, 0.1) is 5.82 Å². The number of nitrogens with zero attached hydrogens (tertiary/aromatic N) is 2. The fraction of sp³-hybridized carbons (Fsp3) is 0.0833. The van der Waals surface area contributed by atoms with Crippen LogP contribution < -0.4 is 4.74 Å². The molecule has 0 bridgehead atoms. The molecule has 98 valence electrons. The summed E-state index contributed by atoms with van der Waals surface area (Å²) in [4.78, 5) is 18.4. The molecule has 0 fully saturated rings. The van der Waals surface area contributed by atoms with Gasteiger partial charge in [-0.1, -0.05) is 0 Å². The van der Waals surface area contributed by atoms with Gasteiger partial charge in [0.2, 0.25) is 0 Å². The minimum Gasteiger partial charge on any atom is -0.487 e. The van der Waals surface area contributed by atoms with E-state index < -0.39 is 11.8 Å². The number of hydrogen-bond acceptors (Lipinski definition) is 4. The first-order valence-corrected chi connectivity index (χ1v) is 5.97. The summed E-state index contributed by atoms with van der Waals surface area (Å²) in [6, 6.07) is 4.27. The van der Waals surface area contributed by atoms with Gasteiger partial charge in [0.15, 0.2) is 0 Å². The number of ether oxygens (including phenoxy) is 1. The van der Waals surface area contributed by atoms with Gasteiger partial charge in [-0.15, -0.1) is 0 Å². The number of halogens is 2. The summed E-state index contributed by atoms with van der Waals surface area (Å²) in [6.45, 7) is -0.0781. The second-order valence-corrected chi connectivity index (χ2v) is 4.41. The van der Waals surface area contributed by atoms with Crippen molar-refractivity contribution in [1.82, 2.24) is 9.97 Å². The van der Waals surface area contributed by atoms with Gasteiger partial charge in [0.25, 0.3) is 0 Å². The molecular weight excluding hydrogens is 319 g/mol. The van der Waals surface area contributed by atoms with E-state index in [1.54, 1.807) is 6.07 Å². The quantitative estimate of drug-likeness (QED) is 0.935. The Bertz CT molecular complexity index is 622. The number of benzene rings is 1. The lowest BCUT2D eigenvalue weighted by Gasteiger charge is -2.07. The number of aromatic carboxylic acids is 1. The monoisotopic (exact) mass is 326 g/mol. The highest BCUT2D eigenvalue weighted by Gasteiger charge is 2.12. The Labute approximate surface area is 116 Å². The van der Waals surface area contributed by atoms with E-state index in [0.717, 1.165) is 0 Å². The van der Waals surface area contributed by atoms with Crippen LogP contribution in [0.3, 0.4) is 0 Å². The predicted molar refractivity (Wildman–Crippen MR) is 67.4 cm³/mol. The van der Waals surface area contributed by atoms with E-state index in [1.165, 1.54) is 24.7 Å². The van der Waals surface area contributed by atoms with Gasteiger partial charge in [-0.25, -0.2) is 19.2 Å². The van der Waals surface area contributed by atoms with Crippen molar-refractivity contribution < 1.29 is 19.0 Å². The Morgan fingerprint density at radius 3 is 2.95 bits per heavy atom. The van der Waals surface area contributed by atoms with Crippen LogP contribution in [0.4, 0.5) is 4.39 Å². The van der Waals surface area contributed by atoms with E-state index in [4.69, 9.17) is 9.84 Å². The molecule has 0 saturated heterocycles. The fourth-order valence-corrected chi connectivity index (χ4v) is 1.61. The minimum atomic E-state index is -1.14. The lowest BCUT2D eigenvalue weighted by atomic mass is 10.2. The number of hydrogen-bond donors (Lipinski definition) is 1. The van der Waals surface area contributed by atoms with Crippen LogP contribution in [0.15, 0.2) is 35.2 Å². The molecule has 7 heteroatoms. The zero-order valence-electron chi connectivity index (χ0n) is 9.51. The highest BCUT2D eigenvalue weighted by molar-refractivity contribution is 9.10. The summed E-state index contributed by atoms with van der Waals surface area (Å²) in [6.07, 6.45) is 2.42. The van der Waals surface area contributed by atoms with Gasteiger partial charge < -0.3 is 9.84 Å². The van der Waals surface area contributed by atoms with Crippen LogP contribution in [0.25, 0.3) is 0 Å². The van der Waals surface area contributed by atoms with Crippen molar-refractivity contribution in [3.05, 3.63) is 52.3 Å². The zero-order valence-corrected chi connectivity index (χ0v) is 11.1. The molecule has 2 rings (SSSR count). The Kier molecular flexibility index (Phi) is 4.06. The Balaban J connectivity index is 2.14. The van der Waals surface area contributed by atoms with Crippen LogP contribution in [0.2, 0.25) is 0 Å². The van der Waals surface area contributed by atoms with Crippen molar-refractivity contribution in [1.29, 1.82) is 0 Å². The first kappa shape index (κ1) is 13.4. The molecule has 1 aromatic heterocycles. The van der Waals surface area contributed by atoms with E-state index >= 15 is 0 Å². The second-order valence-electron chi connectivity index (χ2n) is 3.55. The number of aromatic nitrogens is 2. The Morgan fingerprint density at radius 2 is 2.26 bits per heavy atom. The van der Waals surface area contributed by atoms with Crippen molar-refractivity contribution >= 4 is 21.9 Å². The summed E-state index contributed by atoms with van der Waals surface area (Å²) in [5.74, 6) is -1.31. The third-order valence-electron chi connectivity index (χ3n) is 2.29. The molecule has 0 aliphatic rings. The smallest absolute Gasteiger partial charge is 0.339 e. The molecule has 0 radical (unpaired) electrons. The van der Waals surface area contributed by atoms with Gasteiger partial charge in [-0.3, -0.25) is 0 Å². The Morgan fingerprint density at radius 1 is 1.47 bits per heavy atom.